The lowest BCUT2D eigenvalue weighted by Crippen LogP contribution is -2.19. The zero-order valence-electron chi connectivity index (χ0n) is 14.0. The Bertz CT molecular complexity index is 888. The van der Waals surface area contributed by atoms with Crippen LogP contribution in [0.15, 0.2) is 60.0 Å². The van der Waals surface area contributed by atoms with Crippen molar-refractivity contribution in [3.05, 3.63) is 77.4 Å². The van der Waals surface area contributed by atoms with Crippen molar-refractivity contribution < 1.29 is 4.79 Å². The molecule has 3 rings (SSSR count). The number of carbonyl (C=O) groups excluding carboxylic acids is 1. The van der Waals surface area contributed by atoms with Crippen LogP contribution < -0.4 is 5.43 Å². The largest absolute Gasteiger partial charge is 0.352 e. The van der Waals surface area contributed by atoms with Gasteiger partial charge in [0.05, 0.1) is 17.5 Å². The molecule has 0 unspecified atom stereocenters. The van der Waals surface area contributed by atoms with E-state index in [-0.39, 0.29) is 5.91 Å². The Morgan fingerprint density at radius 1 is 1.12 bits per heavy atom. The Morgan fingerprint density at radius 3 is 2.50 bits per heavy atom. The maximum absolute atomic E-state index is 12.5. The van der Waals surface area contributed by atoms with E-state index < -0.39 is 0 Å². The van der Waals surface area contributed by atoms with Gasteiger partial charge in [0, 0.05) is 36.4 Å². The Morgan fingerprint density at radius 2 is 1.83 bits per heavy atom. The van der Waals surface area contributed by atoms with Crippen LogP contribution >= 0.6 is 0 Å². The van der Waals surface area contributed by atoms with Gasteiger partial charge in [-0.15, -0.1) is 0 Å². The van der Waals surface area contributed by atoms with Crippen molar-refractivity contribution in [1.82, 2.24) is 14.6 Å². The Kier molecular flexibility index (Phi) is 4.33. The SMILES string of the molecule is Cc1cc(/C=N\NC(=O)c2ccccc2-n2cccc2)c(C)n1C. The van der Waals surface area contributed by atoms with E-state index in [4.69, 9.17) is 0 Å². The number of aryl methyl sites for hydroxylation is 1. The summed E-state index contributed by atoms with van der Waals surface area (Å²) in [5.74, 6) is -0.235. The van der Waals surface area contributed by atoms with Crippen LogP contribution in [0.2, 0.25) is 0 Å². The summed E-state index contributed by atoms with van der Waals surface area (Å²) in [7, 11) is 2.01. The van der Waals surface area contributed by atoms with Gasteiger partial charge in [0.2, 0.25) is 0 Å². The van der Waals surface area contributed by atoms with E-state index in [1.54, 1.807) is 12.3 Å². The Hall–Kier alpha value is -3.08. The van der Waals surface area contributed by atoms with Gasteiger partial charge in [-0.3, -0.25) is 4.79 Å². The van der Waals surface area contributed by atoms with Gasteiger partial charge in [-0.05, 0) is 44.2 Å². The highest BCUT2D eigenvalue weighted by Gasteiger charge is 2.11. The standard InChI is InChI=1S/C19H20N4O/c1-14-12-16(15(2)22(14)3)13-20-21-19(24)17-8-4-5-9-18(17)23-10-6-7-11-23/h4-13H,1-3H3,(H,21,24)/b20-13-. The fourth-order valence-corrected chi connectivity index (χ4v) is 2.62. The van der Waals surface area contributed by atoms with Crippen LogP contribution in [0.25, 0.3) is 5.69 Å². The molecule has 0 aliphatic carbocycles. The summed E-state index contributed by atoms with van der Waals surface area (Å²) in [5, 5.41) is 4.11. The molecule has 0 radical (unpaired) electrons. The molecule has 1 N–H and O–H groups in total. The van der Waals surface area contributed by atoms with E-state index in [0.29, 0.717) is 5.56 Å². The number of carbonyl (C=O) groups is 1. The first kappa shape index (κ1) is 15.8. The zero-order valence-corrected chi connectivity index (χ0v) is 14.0. The quantitative estimate of drug-likeness (QED) is 0.582. The van der Waals surface area contributed by atoms with Gasteiger partial charge in [0.15, 0.2) is 0 Å². The van der Waals surface area contributed by atoms with Crippen LogP contribution in [-0.4, -0.2) is 21.3 Å². The third-order valence-corrected chi connectivity index (χ3v) is 4.22. The fourth-order valence-electron chi connectivity index (χ4n) is 2.62. The van der Waals surface area contributed by atoms with Crippen LogP contribution in [0, 0.1) is 13.8 Å². The van der Waals surface area contributed by atoms with Gasteiger partial charge in [-0.25, -0.2) is 5.43 Å². The molecule has 0 atom stereocenters. The molecule has 0 saturated heterocycles. The minimum absolute atomic E-state index is 0.235. The molecule has 2 heterocycles. The van der Waals surface area contributed by atoms with Gasteiger partial charge < -0.3 is 9.13 Å². The summed E-state index contributed by atoms with van der Waals surface area (Å²) in [6, 6.07) is 13.3. The molecule has 2 aromatic heterocycles. The second kappa shape index (κ2) is 6.58. The summed E-state index contributed by atoms with van der Waals surface area (Å²) in [6.45, 7) is 4.06. The molecule has 5 nitrogen and oxygen atoms in total. The first-order valence-electron chi connectivity index (χ1n) is 7.76. The van der Waals surface area contributed by atoms with Gasteiger partial charge in [0.25, 0.3) is 5.91 Å². The zero-order chi connectivity index (χ0) is 17.1. The average Bonchev–Trinajstić information content (AvgIpc) is 3.20. The number of aromatic nitrogens is 2. The number of nitrogens with zero attached hydrogens (tertiary/aromatic N) is 3. The van der Waals surface area contributed by atoms with Crippen LogP contribution in [0.5, 0.6) is 0 Å². The first-order valence-corrected chi connectivity index (χ1v) is 7.76. The van der Waals surface area contributed by atoms with Crippen molar-refractivity contribution in [3.63, 3.8) is 0 Å². The van der Waals surface area contributed by atoms with Gasteiger partial charge in [-0.1, -0.05) is 12.1 Å². The molecule has 24 heavy (non-hydrogen) atoms. The van der Waals surface area contributed by atoms with Gasteiger partial charge in [-0.2, -0.15) is 5.10 Å². The van der Waals surface area contributed by atoms with E-state index in [9.17, 15) is 4.79 Å². The Labute approximate surface area is 141 Å². The molecular formula is C19H20N4O. The molecule has 0 aliphatic rings. The second-order valence-corrected chi connectivity index (χ2v) is 5.69. The molecule has 0 saturated carbocycles. The number of para-hydroxylation sites is 1. The molecule has 0 fully saturated rings. The lowest BCUT2D eigenvalue weighted by Gasteiger charge is -2.08. The number of amides is 1. The topological polar surface area (TPSA) is 51.3 Å². The normalized spacial score (nSPS) is 11.1. The van der Waals surface area contributed by atoms with Crippen molar-refractivity contribution in [2.24, 2.45) is 12.1 Å². The van der Waals surface area contributed by atoms with E-state index in [1.807, 2.05) is 74.3 Å². The van der Waals surface area contributed by atoms with Gasteiger partial charge in [0.1, 0.15) is 0 Å². The predicted molar refractivity (Wildman–Crippen MR) is 95.7 cm³/mol. The third-order valence-electron chi connectivity index (χ3n) is 4.22. The number of hydrogen-bond acceptors (Lipinski definition) is 2. The summed E-state index contributed by atoms with van der Waals surface area (Å²) in [4.78, 5) is 12.5. The second-order valence-electron chi connectivity index (χ2n) is 5.69. The van der Waals surface area contributed by atoms with Crippen LogP contribution in [-0.2, 0) is 7.05 Å². The molecular weight excluding hydrogens is 300 g/mol. The highest BCUT2D eigenvalue weighted by molar-refractivity contribution is 5.98. The molecule has 122 valence electrons. The number of hydrogen-bond donors (Lipinski definition) is 1. The smallest absolute Gasteiger partial charge is 0.273 e. The highest BCUT2D eigenvalue weighted by Crippen LogP contribution is 2.15. The van der Waals surface area contributed by atoms with Crippen molar-refractivity contribution >= 4 is 12.1 Å². The lowest BCUT2D eigenvalue weighted by molar-refractivity contribution is 0.0955. The molecule has 1 aromatic carbocycles. The molecule has 5 heteroatoms. The van der Waals surface area contributed by atoms with E-state index in [2.05, 4.69) is 15.1 Å². The number of hydrazone groups is 1. The molecule has 1 amide bonds. The summed E-state index contributed by atoms with van der Waals surface area (Å²) < 4.78 is 3.99. The summed E-state index contributed by atoms with van der Waals surface area (Å²) in [5.41, 5.74) is 7.27. The van der Waals surface area contributed by atoms with E-state index in [0.717, 1.165) is 22.6 Å². The van der Waals surface area contributed by atoms with Crippen LogP contribution in [0.1, 0.15) is 27.3 Å². The van der Waals surface area contributed by atoms with Crippen molar-refractivity contribution in [3.8, 4) is 5.69 Å². The number of rotatable bonds is 4. The van der Waals surface area contributed by atoms with E-state index >= 15 is 0 Å². The van der Waals surface area contributed by atoms with Crippen LogP contribution in [0.4, 0.5) is 0 Å². The molecule has 3 aromatic rings. The summed E-state index contributed by atoms with van der Waals surface area (Å²) in [6.07, 6.45) is 5.50. The van der Waals surface area contributed by atoms with E-state index in [1.165, 1.54) is 0 Å². The lowest BCUT2D eigenvalue weighted by atomic mass is 10.1. The maximum Gasteiger partial charge on any atom is 0.273 e. The minimum atomic E-state index is -0.235. The predicted octanol–water partition coefficient (Wildman–Crippen LogP) is 3.20. The van der Waals surface area contributed by atoms with Crippen molar-refractivity contribution in [2.45, 2.75) is 13.8 Å². The monoisotopic (exact) mass is 320 g/mol. The molecule has 0 spiro atoms. The summed E-state index contributed by atoms with van der Waals surface area (Å²) >= 11 is 0. The third kappa shape index (κ3) is 3.01. The fraction of sp³-hybridized carbons (Fsp3) is 0.158. The maximum atomic E-state index is 12.5. The first-order chi connectivity index (χ1) is 11.6. The highest BCUT2D eigenvalue weighted by atomic mass is 16.2. The van der Waals surface area contributed by atoms with Crippen molar-refractivity contribution in [2.75, 3.05) is 0 Å². The molecule has 0 bridgehead atoms. The Balaban J connectivity index is 1.79. The number of nitrogens with one attached hydrogen (secondary N) is 1. The number of benzene rings is 1. The molecule has 0 aliphatic heterocycles. The minimum Gasteiger partial charge on any atom is -0.352 e. The van der Waals surface area contributed by atoms with Crippen molar-refractivity contribution in [1.29, 1.82) is 0 Å². The average molecular weight is 320 g/mol. The van der Waals surface area contributed by atoms with Gasteiger partial charge >= 0.3 is 0 Å². The van der Waals surface area contributed by atoms with Crippen LogP contribution in [0.3, 0.4) is 0 Å².